The second kappa shape index (κ2) is 16.3. The predicted octanol–water partition coefficient (Wildman–Crippen LogP) is 5.78. The molecule has 1 saturated carbocycles. The minimum atomic E-state index is -0.411. The Bertz CT molecular complexity index is 2210. The lowest BCUT2D eigenvalue weighted by Crippen LogP contribution is -2.74. The van der Waals surface area contributed by atoms with Crippen LogP contribution < -0.4 is 25.2 Å². The van der Waals surface area contributed by atoms with Crippen LogP contribution in [-0.4, -0.2) is 99.1 Å². The van der Waals surface area contributed by atoms with Crippen LogP contribution in [0.1, 0.15) is 82.0 Å². The number of amides is 4. The van der Waals surface area contributed by atoms with E-state index < -0.39 is 10.8 Å². The van der Waals surface area contributed by atoms with Gasteiger partial charge in [-0.3, -0.25) is 24.5 Å². The number of carbonyl (C=O) groups excluding carboxylic acids is 3. The molecule has 0 spiro atoms. The summed E-state index contributed by atoms with van der Waals surface area (Å²) >= 11 is 6.18. The van der Waals surface area contributed by atoms with E-state index in [4.69, 9.17) is 26.7 Å². The SMILES string of the molecule is CC1(C)C(NC(=O)c2ccc(N3CCC(CN4CCC(n5ncc6c(N7CCC(=O)NC7=O)cccc65)CC4)CC3)nn2)C(C)(C)C1Oc1cnc(C#N)c(Cl)c1.Cl. The summed E-state index contributed by atoms with van der Waals surface area (Å²) in [5.41, 5.74) is 1.39. The van der Waals surface area contributed by atoms with Crippen LogP contribution in [0, 0.1) is 28.1 Å². The molecular formula is C41H49Cl2N11O4. The van der Waals surface area contributed by atoms with Gasteiger partial charge in [0.05, 0.1) is 34.7 Å². The highest BCUT2D eigenvalue weighted by Crippen LogP contribution is 2.55. The molecule has 3 saturated heterocycles. The summed E-state index contributed by atoms with van der Waals surface area (Å²) in [7, 11) is 0. The van der Waals surface area contributed by atoms with Crippen LogP contribution in [0.15, 0.2) is 48.8 Å². The molecule has 2 N–H and O–H groups in total. The molecule has 1 aliphatic carbocycles. The Kier molecular flexibility index (Phi) is 11.6. The van der Waals surface area contributed by atoms with Gasteiger partial charge in [0.1, 0.15) is 17.9 Å². The molecule has 6 heterocycles. The Balaban J connectivity index is 0.00000512. The molecule has 3 aromatic heterocycles. The van der Waals surface area contributed by atoms with Gasteiger partial charge in [0, 0.05) is 74.0 Å². The molecule has 0 radical (unpaired) electrons. The van der Waals surface area contributed by atoms with Gasteiger partial charge in [0.25, 0.3) is 5.91 Å². The number of nitriles is 1. The Morgan fingerprint density at radius 1 is 1.00 bits per heavy atom. The van der Waals surface area contributed by atoms with Crippen molar-refractivity contribution in [1.82, 2.24) is 40.5 Å². The lowest BCUT2D eigenvalue weighted by atomic mass is 9.49. The fourth-order valence-electron chi connectivity index (χ4n) is 9.76. The minimum Gasteiger partial charge on any atom is -0.487 e. The van der Waals surface area contributed by atoms with Gasteiger partial charge < -0.3 is 19.9 Å². The van der Waals surface area contributed by atoms with Crippen molar-refractivity contribution in [2.24, 2.45) is 16.7 Å². The zero-order valence-electron chi connectivity index (χ0n) is 33.2. The van der Waals surface area contributed by atoms with E-state index in [9.17, 15) is 14.4 Å². The average molecular weight is 831 g/mol. The average Bonchev–Trinajstić information content (AvgIpc) is 3.64. The number of benzene rings is 1. The first-order valence-electron chi connectivity index (χ1n) is 19.7. The highest BCUT2D eigenvalue weighted by Gasteiger charge is 2.64. The molecule has 15 nitrogen and oxygen atoms in total. The number of aromatic nitrogens is 5. The topological polar surface area (TPSA) is 174 Å². The number of anilines is 2. The summed E-state index contributed by atoms with van der Waals surface area (Å²) in [4.78, 5) is 48.2. The van der Waals surface area contributed by atoms with Gasteiger partial charge >= 0.3 is 6.03 Å². The van der Waals surface area contributed by atoms with Gasteiger partial charge in [-0.1, -0.05) is 45.4 Å². The van der Waals surface area contributed by atoms with E-state index in [0.717, 1.165) is 80.8 Å². The van der Waals surface area contributed by atoms with E-state index in [-0.39, 0.29) is 71.3 Å². The van der Waals surface area contributed by atoms with Gasteiger partial charge in [-0.2, -0.15) is 10.4 Å². The van der Waals surface area contributed by atoms with Crippen LogP contribution in [-0.2, 0) is 4.79 Å². The van der Waals surface area contributed by atoms with Crippen molar-refractivity contribution in [3.63, 3.8) is 0 Å². The molecule has 4 aromatic rings. The molecule has 4 aliphatic rings. The molecule has 306 valence electrons. The summed E-state index contributed by atoms with van der Waals surface area (Å²) in [6.45, 7) is 13.4. The molecule has 8 rings (SSSR count). The number of nitrogens with one attached hydrogen (secondary N) is 2. The van der Waals surface area contributed by atoms with Crippen molar-refractivity contribution >= 4 is 64.3 Å². The van der Waals surface area contributed by atoms with Gasteiger partial charge in [0.2, 0.25) is 5.91 Å². The summed E-state index contributed by atoms with van der Waals surface area (Å²) in [5.74, 6) is 1.33. The number of likely N-dealkylation sites (tertiary alicyclic amines) is 1. The van der Waals surface area contributed by atoms with Crippen molar-refractivity contribution < 1.29 is 19.1 Å². The van der Waals surface area contributed by atoms with Crippen molar-refractivity contribution in [1.29, 1.82) is 5.26 Å². The van der Waals surface area contributed by atoms with Gasteiger partial charge in [-0.25, -0.2) is 9.78 Å². The number of carbonyl (C=O) groups is 3. The fraction of sp³-hybridized carbons (Fsp3) is 0.512. The molecule has 0 bridgehead atoms. The van der Waals surface area contributed by atoms with Crippen LogP contribution in [0.4, 0.5) is 16.3 Å². The second-order valence-corrected chi connectivity index (χ2v) is 17.4. The summed E-state index contributed by atoms with van der Waals surface area (Å²) in [5, 5.41) is 29.5. The third-order valence-corrected chi connectivity index (χ3v) is 12.8. The summed E-state index contributed by atoms with van der Waals surface area (Å²) < 4.78 is 8.42. The number of urea groups is 1. The van der Waals surface area contributed by atoms with E-state index in [1.165, 1.54) is 6.20 Å². The van der Waals surface area contributed by atoms with Crippen LogP contribution in [0.3, 0.4) is 0 Å². The Labute approximate surface area is 348 Å². The van der Waals surface area contributed by atoms with Crippen LogP contribution in [0.2, 0.25) is 5.02 Å². The van der Waals surface area contributed by atoms with E-state index >= 15 is 0 Å². The molecule has 17 heteroatoms. The first-order chi connectivity index (χ1) is 27.3. The van der Waals surface area contributed by atoms with Gasteiger partial charge in [0.15, 0.2) is 17.2 Å². The number of hydrogen-bond acceptors (Lipinski definition) is 11. The third-order valence-electron chi connectivity index (χ3n) is 12.5. The second-order valence-electron chi connectivity index (χ2n) is 17.0. The largest absolute Gasteiger partial charge is 0.487 e. The normalized spacial score (nSPS) is 22.4. The van der Waals surface area contributed by atoms with Crippen LogP contribution >= 0.6 is 24.0 Å². The van der Waals surface area contributed by atoms with Gasteiger partial charge in [-0.15, -0.1) is 22.6 Å². The smallest absolute Gasteiger partial charge is 0.328 e. The molecule has 0 unspecified atom stereocenters. The number of ether oxygens (including phenoxy) is 1. The molecule has 0 atom stereocenters. The Morgan fingerprint density at radius 3 is 2.40 bits per heavy atom. The molecule has 4 amide bonds. The van der Waals surface area contributed by atoms with Crippen LogP contribution in [0.5, 0.6) is 5.75 Å². The summed E-state index contributed by atoms with van der Waals surface area (Å²) in [6.07, 6.45) is 7.52. The molecule has 4 fully saturated rings. The lowest BCUT2D eigenvalue weighted by molar-refractivity contribution is -0.164. The maximum absolute atomic E-state index is 13.4. The Morgan fingerprint density at radius 2 is 1.74 bits per heavy atom. The number of rotatable bonds is 9. The van der Waals surface area contributed by atoms with E-state index in [0.29, 0.717) is 18.2 Å². The number of pyridine rings is 1. The maximum atomic E-state index is 13.4. The van der Waals surface area contributed by atoms with Crippen LogP contribution in [0.25, 0.3) is 10.9 Å². The monoisotopic (exact) mass is 829 g/mol. The highest BCUT2D eigenvalue weighted by molar-refractivity contribution is 6.31. The quantitative estimate of drug-likeness (QED) is 0.209. The molecule has 1 aromatic carbocycles. The van der Waals surface area contributed by atoms with Gasteiger partial charge in [-0.05, 0) is 55.9 Å². The number of nitrogens with zero attached hydrogens (tertiary/aromatic N) is 9. The Hall–Kier alpha value is -5.04. The lowest BCUT2D eigenvalue weighted by Gasteiger charge is -2.63. The minimum absolute atomic E-state index is 0. The van der Waals surface area contributed by atoms with Crippen molar-refractivity contribution in [3.8, 4) is 11.8 Å². The first-order valence-corrected chi connectivity index (χ1v) is 20.1. The first kappa shape index (κ1) is 41.1. The van der Waals surface area contributed by atoms with E-state index in [1.807, 2.05) is 30.5 Å². The number of piperidine rings is 2. The fourth-order valence-corrected chi connectivity index (χ4v) is 9.95. The highest BCUT2D eigenvalue weighted by atomic mass is 35.5. The maximum Gasteiger partial charge on any atom is 0.328 e. The van der Waals surface area contributed by atoms with Crippen molar-refractivity contribution in [3.05, 3.63) is 65.2 Å². The number of imide groups is 1. The zero-order chi connectivity index (χ0) is 40.1. The van der Waals surface area contributed by atoms with Crippen molar-refractivity contribution in [2.75, 3.05) is 49.1 Å². The van der Waals surface area contributed by atoms with Crippen molar-refractivity contribution in [2.45, 2.75) is 78.0 Å². The standard InChI is InChI=1S/C41H48ClN11O4.ClH/c1-40(2)37(41(3,4)38(40)57-27-20-29(42)31(21-43)44-22-27)47-36(55)30-8-9-34(49-48-30)51-17-10-25(11-18-51)24-50-15-12-26(13-16-50)53-33-7-5-6-32(28(33)23-45-53)52-19-14-35(54)46-39(52)56;/h5-9,20,22-23,25-26,37-38H,10-19,24H2,1-4H3,(H,47,55)(H,46,54,56);1H. The van der Waals surface area contributed by atoms with E-state index in [2.05, 4.69) is 74.1 Å². The zero-order valence-corrected chi connectivity index (χ0v) is 34.7. The summed E-state index contributed by atoms with van der Waals surface area (Å²) in [6, 6.07) is 12.8. The van der Waals surface area contributed by atoms with E-state index in [1.54, 1.807) is 17.0 Å². The number of fused-ring (bicyclic) bond motifs is 1. The molecule has 58 heavy (non-hydrogen) atoms. The molecule has 3 aliphatic heterocycles. The number of hydrogen-bond donors (Lipinski definition) is 2. The third kappa shape index (κ3) is 7.77. The molecular weight excluding hydrogens is 781 g/mol. The number of halogens is 2. The predicted molar refractivity (Wildman–Crippen MR) is 221 cm³/mol.